The van der Waals surface area contributed by atoms with E-state index < -0.39 is 0 Å². The summed E-state index contributed by atoms with van der Waals surface area (Å²) in [7, 11) is 1.64. The van der Waals surface area contributed by atoms with E-state index in [0.29, 0.717) is 5.88 Å². The zero-order chi connectivity index (χ0) is 10.7. The highest BCUT2D eigenvalue weighted by Crippen LogP contribution is 2.23. The third-order valence-electron chi connectivity index (χ3n) is 2.95. The van der Waals surface area contributed by atoms with Crippen LogP contribution in [0.5, 0.6) is 5.88 Å². The molecule has 1 aliphatic heterocycles. The van der Waals surface area contributed by atoms with Crippen molar-refractivity contribution in [3.8, 4) is 5.88 Å². The first-order valence-corrected chi connectivity index (χ1v) is 5.54. The zero-order valence-electron chi connectivity index (χ0n) is 9.44. The van der Waals surface area contributed by atoms with Crippen LogP contribution >= 0.6 is 0 Å². The van der Waals surface area contributed by atoms with Gasteiger partial charge in [0.1, 0.15) is 0 Å². The van der Waals surface area contributed by atoms with E-state index in [0.717, 1.165) is 19.0 Å². The van der Waals surface area contributed by atoms with Crippen LogP contribution in [0.4, 0.5) is 5.69 Å². The van der Waals surface area contributed by atoms with Crippen molar-refractivity contribution in [1.82, 2.24) is 4.98 Å². The highest BCUT2D eigenvalue weighted by Gasteiger charge is 2.16. The summed E-state index contributed by atoms with van der Waals surface area (Å²) >= 11 is 0. The molecule has 1 aromatic heterocycles. The minimum absolute atomic E-state index is 0.684. The molecular weight excluding hydrogens is 188 g/mol. The maximum absolute atomic E-state index is 5.05. The average Bonchev–Trinajstić information content (AvgIpc) is 2.29. The fraction of sp³-hybridized carbons (Fsp3) is 0.583. The number of rotatable bonds is 2. The lowest BCUT2D eigenvalue weighted by Crippen LogP contribution is -2.34. The highest BCUT2D eigenvalue weighted by molar-refractivity contribution is 5.45. The molecular formula is C12H18N2O. The van der Waals surface area contributed by atoms with Crippen LogP contribution in [-0.2, 0) is 0 Å². The molecule has 0 bridgehead atoms. The predicted molar refractivity (Wildman–Crippen MR) is 61.4 cm³/mol. The molecule has 0 saturated carbocycles. The fourth-order valence-electron chi connectivity index (χ4n) is 2.10. The summed E-state index contributed by atoms with van der Waals surface area (Å²) in [5, 5.41) is 0. The first-order valence-electron chi connectivity index (χ1n) is 5.54. The van der Waals surface area contributed by atoms with Gasteiger partial charge in [-0.25, -0.2) is 4.98 Å². The van der Waals surface area contributed by atoms with Gasteiger partial charge in [-0.15, -0.1) is 0 Å². The minimum atomic E-state index is 0.684. The van der Waals surface area contributed by atoms with Gasteiger partial charge < -0.3 is 9.64 Å². The highest BCUT2D eigenvalue weighted by atomic mass is 16.5. The molecule has 1 saturated heterocycles. The quantitative estimate of drug-likeness (QED) is 0.742. The Morgan fingerprint density at radius 2 is 2.33 bits per heavy atom. The Morgan fingerprint density at radius 3 is 2.93 bits per heavy atom. The number of piperidine rings is 1. The van der Waals surface area contributed by atoms with Crippen molar-refractivity contribution in [3.05, 3.63) is 18.3 Å². The Labute approximate surface area is 91.1 Å². The summed E-state index contributed by atoms with van der Waals surface area (Å²) in [6, 6.07) is 4.01. The topological polar surface area (TPSA) is 25.4 Å². The zero-order valence-corrected chi connectivity index (χ0v) is 9.44. The van der Waals surface area contributed by atoms with Crippen LogP contribution in [0, 0.1) is 5.92 Å². The number of aromatic nitrogens is 1. The molecule has 0 aromatic carbocycles. The molecule has 1 atom stereocenters. The number of pyridine rings is 1. The number of hydrogen-bond donors (Lipinski definition) is 0. The minimum Gasteiger partial charge on any atom is -0.481 e. The average molecular weight is 206 g/mol. The molecule has 3 heteroatoms. The predicted octanol–water partition coefficient (Wildman–Crippen LogP) is 2.33. The van der Waals surface area contributed by atoms with Crippen LogP contribution in [0.2, 0.25) is 0 Å². The third-order valence-corrected chi connectivity index (χ3v) is 2.95. The number of methoxy groups -OCH3 is 1. The molecule has 3 nitrogen and oxygen atoms in total. The standard InChI is InChI=1S/C12H18N2O/c1-10-4-3-7-14(9-10)11-5-6-12(15-2)13-8-11/h5-6,8,10H,3-4,7,9H2,1-2H3. The molecule has 1 unspecified atom stereocenters. The van der Waals surface area contributed by atoms with E-state index in [1.54, 1.807) is 7.11 Å². The van der Waals surface area contributed by atoms with Gasteiger partial charge in [-0.1, -0.05) is 6.92 Å². The molecule has 1 aliphatic rings. The molecule has 0 spiro atoms. The van der Waals surface area contributed by atoms with Crippen LogP contribution in [0.25, 0.3) is 0 Å². The van der Waals surface area contributed by atoms with Crippen LogP contribution in [0.1, 0.15) is 19.8 Å². The summed E-state index contributed by atoms with van der Waals surface area (Å²) in [6.07, 6.45) is 4.53. The van der Waals surface area contributed by atoms with Crippen LogP contribution in [-0.4, -0.2) is 25.2 Å². The second kappa shape index (κ2) is 4.51. The molecule has 0 amide bonds. The lowest BCUT2D eigenvalue weighted by molar-refractivity contribution is 0.397. The van der Waals surface area contributed by atoms with E-state index in [1.807, 2.05) is 12.3 Å². The van der Waals surface area contributed by atoms with Gasteiger partial charge in [-0.3, -0.25) is 0 Å². The molecule has 0 N–H and O–H groups in total. The summed E-state index contributed by atoms with van der Waals surface area (Å²) in [4.78, 5) is 6.64. The van der Waals surface area contributed by atoms with Crippen LogP contribution < -0.4 is 9.64 Å². The van der Waals surface area contributed by atoms with E-state index in [-0.39, 0.29) is 0 Å². The van der Waals surface area contributed by atoms with Crippen molar-refractivity contribution in [2.45, 2.75) is 19.8 Å². The Kier molecular flexibility index (Phi) is 3.09. The molecule has 2 heterocycles. The largest absolute Gasteiger partial charge is 0.481 e. The lowest BCUT2D eigenvalue weighted by Gasteiger charge is -2.32. The molecule has 1 aromatic rings. The van der Waals surface area contributed by atoms with Crippen molar-refractivity contribution in [1.29, 1.82) is 0 Å². The van der Waals surface area contributed by atoms with Crippen LogP contribution in [0.3, 0.4) is 0 Å². The Balaban J connectivity index is 2.07. The normalized spacial score (nSPS) is 21.5. The first-order chi connectivity index (χ1) is 7.29. The Bertz CT molecular complexity index is 310. The van der Waals surface area contributed by atoms with E-state index >= 15 is 0 Å². The molecule has 2 rings (SSSR count). The van der Waals surface area contributed by atoms with Gasteiger partial charge in [0.2, 0.25) is 5.88 Å². The van der Waals surface area contributed by atoms with E-state index in [4.69, 9.17) is 4.74 Å². The molecule has 0 aliphatic carbocycles. The van der Waals surface area contributed by atoms with Crippen molar-refractivity contribution >= 4 is 5.69 Å². The fourth-order valence-corrected chi connectivity index (χ4v) is 2.10. The lowest BCUT2D eigenvalue weighted by atomic mass is 10.00. The van der Waals surface area contributed by atoms with E-state index in [9.17, 15) is 0 Å². The van der Waals surface area contributed by atoms with E-state index in [2.05, 4.69) is 22.9 Å². The van der Waals surface area contributed by atoms with Gasteiger partial charge in [0.25, 0.3) is 0 Å². The van der Waals surface area contributed by atoms with Crippen molar-refractivity contribution in [3.63, 3.8) is 0 Å². The first kappa shape index (κ1) is 10.3. The van der Waals surface area contributed by atoms with Gasteiger partial charge in [-0.05, 0) is 24.8 Å². The molecule has 1 fully saturated rings. The van der Waals surface area contributed by atoms with E-state index in [1.165, 1.54) is 18.5 Å². The van der Waals surface area contributed by atoms with Gasteiger partial charge in [-0.2, -0.15) is 0 Å². The summed E-state index contributed by atoms with van der Waals surface area (Å²) in [5.41, 5.74) is 1.21. The smallest absolute Gasteiger partial charge is 0.213 e. The number of nitrogens with zero attached hydrogens (tertiary/aromatic N) is 2. The van der Waals surface area contributed by atoms with Crippen LogP contribution in [0.15, 0.2) is 18.3 Å². The molecule has 15 heavy (non-hydrogen) atoms. The maximum atomic E-state index is 5.05. The summed E-state index contributed by atoms with van der Waals surface area (Å²) in [5.74, 6) is 1.48. The van der Waals surface area contributed by atoms with Gasteiger partial charge >= 0.3 is 0 Å². The van der Waals surface area contributed by atoms with Gasteiger partial charge in [0, 0.05) is 19.2 Å². The number of hydrogen-bond acceptors (Lipinski definition) is 3. The third kappa shape index (κ3) is 2.41. The second-order valence-corrected chi connectivity index (χ2v) is 4.25. The van der Waals surface area contributed by atoms with Crippen molar-refractivity contribution in [2.75, 3.05) is 25.1 Å². The Morgan fingerprint density at radius 1 is 1.47 bits per heavy atom. The number of ether oxygens (including phenoxy) is 1. The summed E-state index contributed by atoms with van der Waals surface area (Å²) in [6.45, 7) is 4.61. The van der Waals surface area contributed by atoms with Crippen molar-refractivity contribution < 1.29 is 4.74 Å². The molecule has 82 valence electrons. The van der Waals surface area contributed by atoms with Crippen molar-refractivity contribution in [2.24, 2.45) is 5.92 Å². The second-order valence-electron chi connectivity index (χ2n) is 4.25. The SMILES string of the molecule is COc1ccc(N2CCCC(C)C2)cn1. The molecule has 0 radical (unpaired) electrons. The summed E-state index contributed by atoms with van der Waals surface area (Å²) < 4.78 is 5.05. The monoisotopic (exact) mass is 206 g/mol. The Hall–Kier alpha value is -1.25. The number of anilines is 1. The van der Waals surface area contributed by atoms with Gasteiger partial charge in [0.05, 0.1) is 19.0 Å². The maximum Gasteiger partial charge on any atom is 0.213 e. The van der Waals surface area contributed by atoms with Gasteiger partial charge in [0.15, 0.2) is 0 Å².